The van der Waals surface area contributed by atoms with E-state index < -0.39 is 0 Å². The minimum absolute atomic E-state index is 0.319. The number of aliphatic hydroxyl groups excluding tert-OH is 1. The highest BCUT2D eigenvalue weighted by Crippen LogP contribution is 2.29. The zero-order chi connectivity index (χ0) is 17.6. The molecular weight excluding hydrogens is 338 g/mol. The van der Waals surface area contributed by atoms with Gasteiger partial charge in [0.25, 0.3) is 0 Å². The summed E-state index contributed by atoms with van der Waals surface area (Å²) in [7, 11) is 0. The Labute approximate surface area is 154 Å². The molecule has 0 saturated carbocycles. The third-order valence-electron chi connectivity index (χ3n) is 4.34. The van der Waals surface area contributed by atoms with Gasteiger partial charge in [-0.2, -0.15) is 4.98 Å². The molecule has 0 bridgehead atoms. The summed E-state index contributed by atoms with van der Waals surface area (Å²) in [5, 5.41) is 13.4. The molecule has 3 N–H and O–H groups in total. The van der Waals surface area contributed by atoms with Gasteiger partial charge in [0.15, 0.2) is 0 Å². The predicted molar refractivity (Wildman–Crippen MR) is 101 cm³/mol. The van der Waals surface area contributed by atoms with Crippen LogP contribution in [0, 0.1) is 0 Å². The first-order chi connectivity index (χ1) is 12.1. The first-order valence-corrected chi connectivity index (χ1v) is 10.2. The maximum Gasteiger partial charge on any atom is 0.228 e. The van der Waals surface area contributed by atoms with Crippen molar-refractivity contribution in [1.82, 2.24) is 20.0 Å². The molecule has 0 spiro atoms. The Morgan fingerprint density at radius 1 is 1.36 bits per heavy atom. The third-order valence-corrected chi connectivity index (χ3v) is 5.35. The highest BCUT2D eigenvalue weighted by molar-refractivity contribution is 7.97. The maximum absolute atomic E-state index is 10.0. The van der Waals surface area contributed by atoms with E-state index >= 15 is 0 Å². The third kappa shape index (κ3) is 5.20. The fourth-order valence-electron chi connectivity index (χ4n) is 3.08. The first kappa shape index (κ1) is 18.7. The lowest BCUT2D eigenvalue weighted by Gasteiger charge is -2.29. The Hall–Kier alpha value is -1.09. The SMILES string of the molecule is CC(C)NSCCOc1nc(N2CCNCC2)nc2c1CC(O)CC2. The molecule has 2 heterocycles. The quantitative estimate of drug-likeness (QED) is 0.481. The van der Waals surface area contributed by atoms with Gasteiger partial charge >= 0.3 is 0 Å². The van der Waals surface area contributed by atoms with E-state index in [2.05, 4.69) is 28.8 Å². The summed E-state index contributed by atoms with van der Waals surface area (Å²) < 4.78 is 9.31. The largest absolute Gasteiger partial charge is 0.476 e. The number of aromatic nitrogens is 2. The van der Waals surface area contributed by atoms with Crippen LogP contribution in [-0.4, -0.2) is 65.8 Å². The Bertz CT molecular complexity index is 566. The number of hydrogen-bond donors (Lipinski definition) is 3. The van der Waals surface area contributed by atoms with Crippen LogP contribution in [0.2, 0.25) is 0 Å². The molecule has 1 fully saturated rings. The molecule has 1 aliphatic carbocycles. The molecule has 0 aromatic carbocycles. The molecule has 1 aromatic heterocycles. The van der Waals surface area contributed by atoms with E-state index in [0.29, 0.717) is 24.9 Å². The Morgan fingerprint density at radius 2 is 2.16 bits per heavy atom. The van der Waals surface area contributed by atoms with Gasteiger partial charge in [0.1, 0.15) is 6.61 Å². The second kappa shape index (κ2) is 9.02. The van der Waals surface area contributed by atoms with Crippen LogP contribution in [0.4, 0.5) is 5.95 Å². The average Bonchev–Trinajstić information content (AvgIpc) is 2.62. The first-order valence-electron chi connectivity index (χ1n) is 9.17. The number of nitrogens with zero attached hydrogens (tertiary/aromatic N) is 3. The van der Waals surface area contributed by atoms with Crippen molar-refractivity contribution in [2.45, 2.75) is 45.3 Å². The van der Waals surface area contributed by atoms with Gasteiger partial charge < -0.3 is 20.1 Å². The fourth-order valence-corrected chi connectivity index (χ4v) is 3.70. The van der Waals surface area contributed by atoms with Crippen molar-refractivity contribution in [1.29, 1.82) is 0 Å². The molecule has 0 amide bonds. The number of aliphatic hydroxyl groups is 1. The summed E-state index contributed by atoms with van der Waals surface area (Å²) >= 11 is 1.66. The van der Waals surface area contributed by atoms with Crippen LogP contribution in [0.5, 0.6) is 5.88 Å². The van der Waals surface area contributed by atoms with Gasteiger partial charge in [-0.25, -0.2) is 4.98 Å². The minimum Gasteiger partial charge on any atom is -0.476 e. The van der Waals surface area contributed by atoms with Crippen molar-refractivity contribution in [2.75, 3.05) is 43.4 Å². The monoisotopic (exact) mass is 367 g/mol. The molecule has 1 unspecified atom stereocenters. The minimum atomic E-state index is -0.319. The molecule has 1 aromatic rings. The molecule has 7 nitrogen and oxygen atoms in total. The van der Waals surface area contributed by atoms with Crippen LogP contribution in [0.25, 0.3) is 0 Å². The van der Waals surface area contributed by atoms with Crippen LogP contribution in [-0.2, 0) is 12.8 Å². The van der Waals surface area contributed by atoms with E-state index in [1.54, 1.807) is 11.9 Å². The Balaban J connectivity index is 1.71. The number of aryl methyl sites for hydroxylation is 1. The van der Waals surface area contributed by atoms with Gasteiger partial charge in [-0.15, -0.1) is 0 Å². The van der Waals surface area contributed by atoms with Gasteiger partial charge in [-0.1, -0.05) is 11.9 Å². The van der Waals surface area contributed by atoms with E-state index in [1.807, 2.05) is 0 Å². The Kier molecular flexibility index (Phi) is 6.75. The zero-order valence-electron chi connectivity index (χ0n) is 15.1. The molecule has 8 heteroatoms. The van der Waals surface area contributed by atoms with Crippen molar-refractivity contribution in [3.05, 3.63) is 11.3 Å². The van der Waals surface area contributed by atoms with E-state index in [1.165, 1.54) is 0 Å². The van der Waals surface area contributed by atoms with Crippen LogP contribution < -0.4 is 19.7 Å². The fraction of sp³-hybridized carbons (Fsp3) is 0.765. The Morgan fingerprint density at radius 3 is 2.92 bits per heavy atom. The molecule has 0 radical (unpaired) electrons. The van der Waals surface area contributed by atoms with Gasteiger partial charge in [-0.3, -0.25) is 4.72 Å². The number of nitrogens with one attached hydrogen (secondary N) is 2. The second-order valence-electron chi connectivity index (χ2n) is 6.86. The van der Waals surface area contributed by atoms with Crippen LogP contribution >= 0.6 is 11.9 Å². The number of ether oxygens (including phenoxy) is 1. The molecule has 1 aliphatic heterocycles. The maximum atomic E-state index is 10.0. The average molecular weight is 368 g/mol. The molecule has 140 valence electrons. The van der Waals surface area contributed by atoms with Crippen molar-refractivity contribution in [3.8, 4) is 5.88 Å². The van der Waals surface area contributed by atoms with Gasteiger partial charge in [-0.05, 0) is 26.7 Å². The molecule has 1 atom stereocenters. The van der Waals surface area contributed by atoms with Crippen molar-refractivity contribution < 1.29 is 9.84 Å². The van der Waals surface area contributed by atoms with Crippen molar-refractivity contribution in [3.63, 3.8) is 0 Å². The standard InChI is InChI=1S/C17H29N5O2S/c1-12(2)21-25-10-9-24-16-14-11-13(23)3-4-15(14)19-17(20-16)22-7-5-18-6-8-22/h12-13,18,21,23H,3-11H2,1-2H3. The number of rotatable bonds is 7. The lowest BCUT2D eigenvalue weighted by molar-refractivity contribution is 0.155. The van der Waals surface area contributed by atoms with Crippen molar-refractivity contribution >= 4 is 17.9 Å². The summed E-state index contributed by atoms with van der Waals surface area (Å²) in [5.74, 6) is 2.27. The summed E-state index contributed by atoms with van der Waals surface area (Å²) in [6.45, 7) is 8.56. The number of piperazine rings is 1. The molecule has 1 saturated heterocycles. The predicted octanol–water partition coefficient (Wildman–Crippen LogP) is 0.761. The van der Waals surface area contributed by atoms with Crippen LogP contribution in [0.3, 0.4) is 0 Å². The number of fused-ring (bicyclic) bond motifs is 1. The summed E-state index contributed by atoms with van der Waals surface area (Å²) in [5.41, 5.74) is 2.02. The number of hydrogen-bond acceptors (Lipinski definition) is 8. The van der Waals surface area contributed by atoms with Gasteiger partial charge in [0.2, 0.25) is 11.8 Å². The highest BCUT2D eigenvalue weighted by atomic mass is 32.2. The molecule has 2 aliphatic rings. The van der Waals surface area contributed by atoms with Gasteiger partial charge in [0.05, 0.1) is 11.8 Å². The van der Waals surface area contributed by atoms with Crippen LogP contribution in [0.15, 0.2) is 0 Å². The molecule has 25 heavy (non-hydrogen) atoms. The van der Waals surface area contributed by atoms with E-state index in [9.17, 15) is 5.11 Å². The van der Waals surface area contributed by atoms with Crippen LogP contribution in [0.1, 0.15) is 31.5 Å². The highest BCUT2D eigenvalue weighted by Gasteiger charge is 2.25. The second-order valence-corrected chi connectivity index (χ2v) is 7.79. The summed E-state index contributed by atoms with van der Waals surface area (Å²) in [6.07, 6.45) is 1.82. The lowest BCUT2D eigenvalue weighted by Crippen LogP contribution is -2.44. The molecular formula is C17H29N5O2S. The lowest BCUT2D eigenvalue weighted by atomic mass is 9.94. The topological polar surface area (TPSA) is 82.5 Å². The van der Waals surface area contributed by atoms with Crippen molar-refractivity contribution in [2.24, 2.45) is 0 Å². The van der Waals surface area contributed by atoms with E-state index in [4.69, 9.17) is 14.7 Å². The van der Waals surface area contributed by atoms with Gasteiger partial charge in [0, 0.05) is 50.0 Å². The normalized spacial score (nSPS) is 20.6. The number of anilines is 1. The smallest absolute Gasteiger partial charge is 0.228 e. The summed E-state index contributed by atoms with van der Waals surface area (Å²) in [6, 6.07) is 0.450. The summed E-state index contributed by atoms with van der Waals surface area (Å²) in [4.78, 5) is 11.7. The molecule has 3 rings (SSSR count). The zero-order valence-corrected chi connectivity index (χ0v) is 15.9. The van der Waals surface area contributed by atoms with E-state index in [-0.39, 0.29) is 6.10 Å². The van der Waals surface area contributed by atoms with E-state index in [0.717, 1.165) is 62.0 Å².